The molecule has 146 valence electrons. The highest BCUT2D eigenvalue weighted by Crippen LogP contribution is 2.45. The van der Waals surface area contributed by atoms with Gasteiger partial charge in [0.1, 0.15) is 6.04 Å². The molecule has 2 fully saturated rings. The van der Waals surface area contributed by atoms with Crippen molar-refractivity contribution in [1.29, 1.82) is 0 Å². The van der Waals surface area contributed by atoms with Gasteiger partial charge in [0.05, 0.1) is 5.41 Å². The molecular weight excluding hydrogens is 344 g/mol. The first-order chi connectivity index (χ1) is 12.7. The van der Waals surface area contributed by atoms with Crippen molar-refractivity contribution in [3.63, 3.8) is 0 Å². The first-order valence-electron chi connectivity index (χ1n) is 9.51. The number of likely N-dealkylation sites (tertiary alicyclic amines) is 2. The van der Waals surface area contributed by atoms with E-state index in [1.807, 2.05) is 44.2 Å². The first kappa shape index (κ1) is 19.4. The Hall–Kier alpha value is -2.37. The summed E-state index contributed by atoms with van der Waals surface area (Å²) in [7, 11) is 0. The molecule has 0 radical (unpaired) electrons. The number of amides is 2. The lowest BCUT2D eigenvalue weighted by Gasteiger charge is -2.39. The van der Waals surface area contributed by atoms with Crippen LogP contribution < -0.4 is 0 Å². The molecule has 2 aliphatic rings. The molecule has 0 unspecified atom stereocenters. The van der Waals surface area contributed by atoms with Crippen LogP contribution in [0.25, 0.3) is 0 Å². The van der Waals surface area contributed by atoms with E-state index < -0.39 is 17.4 Å². The number of carbonyl (C=O) groups excluding carboxylic acids is 2. The Morgan fingerprint density at radius 2 is 1.70 bits per heavy atom. The second-order valence-corrected chi connectivity index (χ2v) is 8.49. The third kappa shape index (κ3) is 3.57. The van der Waals surface area contributed by atoms with Gasteiger partial charge in [-0.25, -0.2) is 4.79 Å². The lowest BCUT2D eigenvalue weighted by molar-refractivity contribution is -0.150. The van der Waals surface area contributed by atoms with Crippen LogP contribution in [-0.2, 0) is 19.8 Å². The van der Waals surface area contributed by atoms with Crippen molar-refractivity contribution in [2.24, 2.45) is 5.41 Å². The normalized spacial score (nSPS) is 22.1. The van der Waals surface area contributed by atoms with Crippen LogP contribution in [0.1, 0.15) is 45.6 Å². The minimum Gasteiger partial charge on any atom is -0.480 e. The molecule has 2 saturated heterocycles. The zero-order valence-corrected chi connectivity index (χ0v) is 16.3. The molecule has 0 bridgehead atoms. The highest BCUT2D eigenvalue weighted by Gasteiger charge is 2.52. The van der Waals surface area contributed by atoms with E-state index in [1.165, 1.54) is 0 Å². The molecule has 2 aliphatic heterocycles. The number of carboxylic acids is 1. The quantitative estimate of drug-likeness (QED) is 0.883. The van der Waals surface area contributed by atoms with Gasteiger partial charge in [0, 0.05) is 26.6 Å². The summed E-state index contributed by atoms with van der Waals surface area (Å²) in [5, 5.41) is 9.76. The molecule has 6 heteroatoms. The van der Waals surface area contributed by atoms with E-state index in [1.54, 1.807) is 16.7 Å². The maximum Gasteiger partial charge on any atom is 0.326 e. The topological polar surface area (TPSA) is 77.9 Å². The fourth-order valence-electron chi connectivity index (χ4n) is 4.49. The Morgan fingerprint density at radius 3 is 2.22 bits per heavy atom. The molecule has 2 amide bonds. The molecule has 0 aliphatic carbocycles. The predicted octanol–water partition coefficient (Wildman–Crippen LogP) is 2.28. The van der Waals surface area contributed by atoms with E-state index >= 15 is 0 Å². The average molecular weight is 372 g/mol. The number of nitrogens with zero attached hydrogens (tertiary/aromatic N) is 2. The van der Waals surface area contributed by atoms with Gasteiger partial charge in [-0.1, -0.05) is 30.3 Å². The van der Waals surface area contributed by atoms with Crippen LogP contribution in [0.5, 0.6) is 0 Å². The Balaban J connectivity index is 1.83. The number of piperidine rings is 1. The van der Waals surface area contributed by atoms with Crippen LogP contribution in [0.2, 0.25) is 0 Å². The molecule has 0 aromatic heterocycles. The summed E-state index contributed by atoms with van der Waals surface area (Å²) in [4.78, 5) is 40.3. The molecule has 1 aromatic carbocycles. The standard InChI is InChI=1S/C21H28N2O4/c1-15(24)22-11-9-21(10-12-22)13-17(18(25)26)23(14-21)19(27)20(2,3)16-7-5-4-6-8-16/h4-8,17H,9-14H2,1-3H3,(H,25,26)/t17-/m1/s1. The van der Waals surface area contributed by atoms with Gasteiger partial charge in [-0.3, -0.25) is 9.59 Å². The number of hydrogen-bond acceptors (Lipinski definition) is 3. The Labute approximate surface area is 160 Å². The summed E-state index contributed by atoms with van der Waals surface area (Å²) in [5.41, 5.74) is -0.121. The van der Waals surface area contributed by atoms with Gasteiger partial charge in [-0.05, 0) is 44.1 Å². The molecule has 3 rings (SSSR count). The molecule has 6 nitrogen and oxygen atoms in total. The van der Waals surface area contributed by atoms with E-state index in [4.69, 9.17) is 0 Å². The summed E-state index contributed by atoms with van der Waals surface area (Å²) < 4.78 is 0. The number of aliphatic carboxylic acids is 1. The van der Waals surface area contributed by atoms with E-state index in [9.17, 15) is 19.5 Å². The van der Waals surface area contributed by atoms with Crippen molar-refractivity contribution in [1.82, 2.24) is 9.80 Å². The van der Waals surface area contributed by atoms with Crippen LogP contribution in [0.3, 0.4) is 0 Å². The molecule has 1 aromatic rings. The molecule has 1 spiro atoms. The predicted molar refractivity (Wildman–Crippen MR) is 101 cm³/mol. The second-order valence-electron chi connectivity index (χ2n) is 8.49. The molecule has 0 saturated carbocycles. The molecule has 1 N–H and O–H groups in total. The Bertz CT molecular complexity index is 736. The minimum absolute atomic E-state index is 0.0516. The van der Waals surface area contributed by atoms with Crippen molar-refractivity contribution >= 4 is 17.8 Å². The van der Waals surface area contributed by atoms with Crippen LogP contribution in [0.15, 0.2) is 30.3 Å². The van der Waals surface area contributed by atoms with Crippen molar-refractivity contribution in [3.05, 3.63) is 35.9 Å². The van der Waals surface area contributed by atoms with Crippen molar-refractivity contribution < 1.29 is 19.5 Å². The van der Waals surface area contributed by atoms with Crippen LogP contribution in [0, 0.1) is 5.41 Å². The maximum atomic E-state index is 13.4. The zero-order chi connectivity index (χ0) is 19.8. The van der Waals surface area contributed by atoms with E-state index in [0.717, 1.165) is 18.4 Å². The summed E-state index contributed by atoms with van der Waals surface area (Å²) in [6, 6.07) is 8.70. The van der Waals surface area contributed by atoms with Crippen LogP contribution in [0.4, 0.5) is 0 Å². The van der Waals surface area contributed by atoms with E-state index in [2.05, 4.69) is 0 Å². The highest BCUT2D eigenvalue weighted by molar-refractivity contribution is 5.91. The number of carbonyl (C=O) groups is 3. The lowest BCUT2D eigenvalue weighted by Crippen LogP contribution is -2.49. The van der Waals surface area contributed by atoms with Crippen LogP contribution >= 0.6 is 0 Å². The largest absolute Gasteiger partial charge is 0.480 e. The number of benzene rings is 1. The molecule has 2 heterocycles. The molecule has 27 heavy (non-hydrogen) atoms. The summed E-state index contributed by atoms with van der Waals surface area (Å²) >= 11 is 0. The van der Waals surface area contributed by atoms with Gasteiger partial charge in [-0.15, -0.1) is 0 Å². The molecular formula is C21H28N2O4. The third-order valence-electron chi connectivity index (χ3n) is 6.35. The monoisotopic (exact) mass is 372 g/mol. The van der Waals surface area contributed by atoms with Gasteiger partial charge in [-0.2, -0.15) is 0 Å². The van der Waals surface area contributed by atoms with Crippen molar-refractivity contribution in [2.75, 3.05) is 19.6 Å². The van der Waals surface area contributed by atoms with Gasteiger partial charge < -0.3 is 14.9 Å². The minimum atomic E-state index is -0.946. The van der Waals surface area contributed by atoms with Crippen molar-refractivity contribution in [2.45, 2.75) is 51.5 Å². The summed E-state index contributed by atoms with van der Waals surface area (Å²) in [6.07, 6.45) is 1.95. The second kappa shape index (κ2) is 6.98. The van der Waals surface area contributed by atoms with Gasteiger partial charge >= 0.3 is 5.97 Å². The number of carboxylic acid groups (broad SMARTS) is 1. The van der Waals surface area contributed by atoms with Gasteiger partial charge in [0.25, 0.3) is 0 Å². The summed E-state index contributed by atoms with van der Waals surface area (Å²) in [5.74, 6) is -1.04. The van der Waals surface area contributed by atoms with E-state index in [0.29, 0.717) is 26.1 Å². The fraction of sp³-hybridized carbons (Fsp3) is 0.571. The smallest absolute Gasteiger partial charge is 0.326 e. The fourth-order valence-corrected chi connectivity index (χ4v) is 4.49. The van der Waals surface area contributed by atoms with Gasteiger partial charge in [0.2, 0.25) is 11.8 Å². The van der Waals surface area contributed by atoms with Crippen molar-refractivity contribution in [3.8, 4) is 0 Å². The Morgan fingerprint density at radius 1 is 1.11 bits per heavy atom. The van der Waals surface area contributed by atoms with E-state index in [-0.39, 0.29) is 17.2 Å². The third-order valence-corrected chi connectivity index (χ3v) is 6.35. The average Bonchev–Trinajstić information content (AvgIpc) is 3.01. The first-order valence-corrected chi connectivity index (χ1v) is 9.51. The highest BCUT2D eigenvalue weighted by atomic mass is 16.4. The SMILES string of the molecule is CC(=O)N1CCC2(CC1)C[C@H](C(=O)O)N(C(=O)C(C)(C)c1ccccc1)C2. The number of rotatable bonds is 3. The Kier molecular flexibility index (Phi) is 5.02. The van der Waals surface area contributed by atoms with Crippen LogP contribution in [-0.4, -0.2) is 58.4 Å². The number of hydrogen-bond donors (Lipinski definition) is 1. The zero-order valence-electron chi connectivity index (χ0n) is 16.3. The van der Waals surface area contributed by atoms with Gasteiger partial charge in [0.15, 0.2) is 0 Å². The lowest BCUT2D eigenvalue weighted by atomic mass is 9.76. The maximum absolute atomic E-state index is 13.4. The summed E-state index contributed by atoms with van der Waals surface area (Å²) in [6.45, 7) is 6.98. The molecule has 1 atom stereocenters.